The molecule has 0 bridgehead atoms. The second-order valence-electron chi connectivity index (χ2n) is 11.0. The van der Waals surface area contributed by atoms with Gasteiger partial charge in [0.1, 0.15) is 12.6 Å². The summed E-state index contributed by atoms with van der Waals surface area (Å²) in [5.74, 6) is -3.05. The Morgan fingerprint density at radius 3 is 2.65 bits per heavy atom. The Morgan fingerprint density at radius 1 is 1.26 bits per heavy atom. The zero-order chi connectivity index (χ0) is 39.7. The Bertz CT molecular complexity index is 1600. The largest absolute Gasteiger partial charge is 0.508 e. The molecule has 0 saturated carbocycles. The van der Waals surface area contributed by atoms with Gasteiger partial charge in [0, 0.05) is 35.7 Å². The van der Waals surface area contributed by atoms with E-state index in [1.807, 2.05) is 31.2 Å². The van der Waals surface area contributed by atoms with Crippen LogP contribution in [0.2, 0.25) is 0 Å². The van der Waals surface area contributed by atoms with Crippen LogP contribution in [0.15, 0.2) is 47.4 Å². The number of phosphoric ester groups is 1. The Morgan fingerprint density at radius 2 is 2.04 bits per heavy atom. The first-order valence-electron chi connectivity index (χ1n) is 15.8. The fourth-order valence-electron chi connectivity index (χ4n) is 4.73. The van der Waals surface area contributed by atoms with Crippen LogP contribution in [0.3, 0.4) is 0 Å². The van der Waals surface area contributed by atoms with Crippen LogP contribution in [-0.4, -0.2) is 103 Å². The summed E-state index contributed by atoms with van der Waals surface area (Å²) in [6.07, 6.45) is 5.86. The minimum absolute atomic E-state index is 0.105. The van der Waals surface area contributed by atoms with Crippen LogP contribution in [0.4, 0.5) is 29.6 Å². The highest BCUT2D eigenvalue weighted by atomic mass is 33.1. The number of phosphoric acid groups is 1. The van der Waals surface area contributed by atoms with Crippen LogP contribution >= 0.6 is 29.4 Å². The molecule has 2 fully saturated rings. The molecule has 2 saturated heterocycles. The number of halogens is 3. The number of fused-ring (bicyclic) bond motifs is 1. The number of allylic oxidation sites excluding steroid dienone is 4. The molecule has 300 valence electrons. The predicted molar refractivity (Wildman–Crippen MR) is 185 cm³/mol. The molecule has 54 heavy (non-hydrogen) atoms. The smallest absolute Gasteiger partial charge is 0.480 e. The number of carboxylic acids is 1. The van der Waals surface area contributed by atoms with Crippen molar-refractivity contribution in [1.82, 2.24) is 16.2 Å². The van der Waals surface area contributed by atoms with Crippen LogP contribution in [0.25, 0.3) is 0 Å². The third kappa shape index (κ3) is 13.2. The zero-order valence-corrected chi connectivity index (χ0v) is 30.9. The number of nitro groups is 1. The standard InChI is InChI=1S/C29H37F3N5O14PS2/c1-2-3-4-5-6-7-10-29(25-24(49-25)27(41)34-29)50-28(42)36(12-14-46-16-23(38)39)21-15-19(37(43)44)8-9-22(21)54-53-17-20(35-31)26(40)33-11-13-47-52(45,51-32)48-18-30/h2-3,5-6,8-9,15,20,24-25,35H,4,7,10-14,16-18H2,1H3,(H,33,40)(H,34,41)(H,38,39)/b3-2+,6-5+. The van der Waals surface area contributed by atoms with Gasteiger partial charge in [0.2, 0.25) is 11.6 Å². The number of aliphatic carboxylic acids is 1. The normalized spacial score (nSPS) is 20.6. The average Bonchev–Trinajstić information content (AvgIpc) is 3.91. The van der Waals surface area contributed by atoms with E-state index in [1.54, 1.807) is 0 Å². The van der Waals surface area contributed by atoms with Gasteiger partial charge in [-0.05, 0) is 30.4 Å². The van der Waals surface area contributed by atoms with Gasteiger partial charge in [-0.2, -0.15) is 0 Å². The first kappa shape index (κ1) is 44.7. The molecule has 2 aliphatic heterocycles. The van der Waals surface area contributed by atoms with E-state index in [2.05, 4.69) is 24.4 Å². The third-order valence-electron chi connectivity index (χ3n) is 7.29. The quantitative estimate of drug-likeness (QED) is 0.0149. The molecule has 5 atom stereocenters. The number of ether oxygens (including phenoxy) is 3. The number of hydrogen-bond acceptors (Lipinski definition) is 16. The second-order valence-corrected chi connectivity index (χ2v) is 14.9. The van der Waals surface area contributed by atoms with Crippen molar-refractivity contribution < 1.29 is 75.2 Å². The summed E-state index contributed by atoms with van der Waals surface area (Å²) < 4.78 is 77.6. The van der Waals surface area contributed by atoms with Crippen molar-refractivity contribution in [3.05, 3.63) is 52.6 Å². The van der Waals surface area contributed by atoms with Gasteiger partial charge in [-0.1, -0.05) is 50.6 Å². The maximum absolute atomic E-state index is 14.0. The number of benzene rings is 1. The fraction of sp³-hybridized carbons (Fsp3) is 0.517. The maximum Gasteiger partial charge on any atom is 0.508 e. The topological polar surface area (TPSA) is 247 Å². The van der Waals surface area contributed by atoms with E-state index >= 15 is 0 Å². The molecule has 4 N–H and O–H groups in total. The summed E-state index contributed by atoms with van der Waals surface area (Å²) in [7, 11) is -3.10. The highest BCUT2D eigenvalue weighted by Crippen LogP contribution is 2.49. The highest BCUT2D eigenvalue weighted by Gasteiger charge is 2.68. The molecule has 19 nitrogen and oxygen atoms in total. The number of morpholine rings is 1. The number of epoxide rings is 1. The zero-order valence-electron chi connectivity index (χ0n) is 28.4. The summed E-state index contributed by atoms with van der Waals surface area (Å²) >= 11 is 0. The van der Waals surface area contributed by atoms with E-state index in [1.165, 1.54) is 11.6 Å². The average molecular weight is 832 g/mol. The molecular weight excluding hydrogens is 794 g/mol. The number of nitro benzene ring substituents is 1. The first-order chi connectivity index (χ1) is 25.8. The first-order valence-corrected chi connectivity index (χ1v) is 19.6. The number of rotatable bonds is 26. The van der Waals surface area contributed by atoms with Crippen molar-refractivity contribution in [1.29, 1.82) is 0 Å². The van der Waals surface area contributed by atoms with Crippen LogP contribution in [-0.2, 0) is 46.9 Å². The summed E-state index contributed by atoms with van der Waals surface area (Å²) in [5, 5.41) is 25.7. The van der Waals surface area contributed by atoms with E-state index < -0.39 is 92.9 Å². The van der Waals surface area contributed by atoms with Crippen LogP contribution in [0.5, 0.6) is 0 Å². The second kappa shape index (κ2) is 22.0. The minimum Gasteiger partial charge on any atom is -0.480 e. The van der Waals surface area contributed by atoms with Gasteiger partial charge >= 0.3 is 19.9 Å². The lowest BCUT2D eigenvalue weighted by molar-refractivity contribution is -0.384. The monoisotopic (exact) mass is 831 g/mol. The maximum atomic E-state index is 14.0. The number of hydrogen-bond donors (Lipinski definition) is 4. The fourth-order valence-corrected chi connectivity index (χ4v) is 7.66. The Hall–Kier alpha value is -3.74. The molecule has 5 unspecified atom stereocenters. The summed E-state index contributed by atoms with van der Waals surface area (Å²) in [4.78, 5) is 62.3. The number of non-ortho nitro benzene ring substituents is 1. The molecular formula is C29H37F3N5O14PS2. The van der Waals surface area contributed by atoms with Gasteiger partial charge in [-0.15, -0.1) is 10.0 Å². The van der Waals surface area contributed by atoms with Gasteiger partial charge in [-0.25, -0.2) is 18.5 Å². The van der Waals surface area contributed by atoms with Crippen LogP contribution < -0.4 is 21.1 Å². The molecule has 0 spiro atoms. The Labute approximate surface area is 313 Å². The Kier molecular flexibility index (Phi) is 18.2. The highest BCUT2D eigenvalue weighted by molar-refractivity contribution is 8.76. The number of carbonyl (C=O) groups is 4. The number of carboxylic acid groups (broad SMARTS) is 1. The lowest BCUT2D eigenvalue weighted by Crippen LogP contribution is -2.53. The lowest BCUT2D eigenvalue weighted by atomic mass is 10.0. The summed E-state index contributed by atoms with van der Waals surface area (Å²) in [6, 6.07) is 1.94. The molecule has 2 aliphatic rings. The number of anilines is 1. The van der Waals surface area contributed by atoms with Gasteiger partial charge < -0.3 is 30.0 Å². The van der Waals surface area contributed by atoms with Crippen molar-refractivity contribution >= 4 is 64.7 Å². The molecule has 1 aromatic carbocycles. The summed E-state index contributed by atoms with van der Waals surface area (Å²) in [6.45, 7) is -2.43. The predicted octanol–water partition coefficient (Wildman–Crippen LogP) is 4.20. The number of nitrogens with zero attached hydrogens (tertiary/aromatic N) is 2. The molecule has 25 heteroatoms. The van der Waals surface area contributed by atoms with Crippen molar-refractivity contribution in [3.63, 3.8) is 0 Å². The molecule has 3 rings (SSSR count). The van der Waals surface area contributed by atoms with E-state index in [-0.39, 0.29) is 35.9 Å². The van der Waals surface area contributed by atoms with E-state index in [0.29, 0.717) is 12.8 Å². The van der Waals surface area contributed by atoms with Crippen LogP contribution in [0, 0.1) is 10.1 Å². The Balaban J connectivity index is 1.80. The van der Waals surface area contributed by atoms with Crippen LogP contribution in [0.1, 0.15) is 26.2 Å². The van der Waals surface area contributed by atoms with Gasteiger partial charge in [0.15, 0.2) is 19.1 Å². The number of alkyl halides is 1. The summed E-state index contributed by atoms with van der Waals surface area (Å²) in [5.41, 5.74) is -0.872. The van der Waals surface area contributed by atoms with Gasteiger partial charge in [0.05, 0.1) is 30.4 Å². The van der Waals surface area contributed by atoms with Gasteiger partial charge in [0.25, 0.3) is 11.6 Å². The van der Waals surface area contributed by atoms with Crippen molar-refractivity contribution in [3.8, 4) is 0 Å². The third-order valence-corrected chi connectivity index (χ3v) is 10.8. The minimum atomic E-state index is -4.85. The SMILES string of the molecule is C/C=C/C/C=C/CCC1(OC(=O)N(CCOCC(=O)O)c2cc([N+](=O)[O-])ccc2SSCC(NF)C(=O)NCCOP(=O)(OF)OCF)NC(=O)C2OC21. The number of carbonyl (C=O) groups excluding carboxylic acids is 3. The van der Waals surface area contributed by atoms with Crippen molar-refractivity contribution in [2.75, 3.05) is 50.4 Å². The molecule has 2 heterocycles. The molecule has 0 aliphatic carbocycles. The van der Waals surface area contributed by atoms with Gasteiger partial charge in [-0.3, -0.25) is 33.7 Å². The lowest BCUT2D eigenvalue weighted by Gasteiger charge is -2.33. The molecule has 1 aromatic rings. The molecule has 3 amide bonds. The molecule has 0 radical (unpaired) electrons. The number of amides is 3. The van der Waals surface area contributed by atoms with E-state index in [4.69, 9.17) is 19.3 Å². The molecule has 0 aromatic heterocycles. The number of nitrogens with one attached hydrogen (secondary N) is 3. The van der Waals surface area contributed by atoms with Crippen molar-refractivity contribution in [2.24, 2.45) is 0 Å². The van der Waals surface area contributed by atoms with E-state index in [0.717, 1.165) is 38.6 Å². The van der Waals surface area contributed by atoms with E-state index in [9.17, 15) is 47.3 Å². The van der Waals surface area contributed by atoms with Crippen molar-refractivity contribution in [2.45, 2.75) is 55.1 Å².